The molecule has 1 amide bonds. The largest absolute Gasteiger partial charge is 0.507 e. The van der Waals surface area contributed by atoms with Gasteiger partial charge in [-0.05, 0) is 24.3 Å². The third-order valence-electron chi connectivity index (χ3n) is 3.21. The van der Waals surface area contributed by atoms with Crippen molar-refractivity contribution in [2.45, 2.75) is 6.54 Å². The minimum Gasteiger partial charge on any atom is -0.507 e. The van der Waals surface area contributed by atoms with Crippen molar-refractivity contribution in [3.8, 4) is 5.75 Å². The molecule has 3 rings (SSSR count). The smallest absolute Gasteiger partial charge is 0.308 e. The van der Waals surface area contributed by atoms with Crippen LogP contribution in [-0.2, 0) is 11.3 Å². The highest BCUT2D eigenvalue weighted by Crippen LogP contribution is 2.16. The summed E-state index contributed by atoms with van der Waals surface area (Å²) in [7, 11) is 0. The summed E-state index contributed by atoms with van der Waals surface area (Å²) >= 11 is 1.10. The van der Waals surface area contributed by atoms with E-state index < -0.39 is 5.91 Å². The fraction of sp³-hybridized carbons (Fsp3) is 0.0625. The maximum atomic E-state index is 11.9. The number of aromatic nitrogens is 1. The zero-order valence-electron chi connectivity index (χ0n) is 12.0. The van der Waals surface area contributed by atoms with Gasteiger partial charge in [0, 0.05) is 5.56 Å². The van der Waals surface area contributed by atoms with Gasteiger partial charge in [0.05, 0.1) is 16.4 Å². The summed E-state index contributed by atoms with van der Waals surface area (Å²) < 4.78 is 2.24. The molecule has 3 aromatic rings. The average molecular weight is 327 g/mol. The van der Waals surface area contributed by atoms with Crippen LogP contribution in [0.1, 0.15) is 5.56 Å². The molecule has 23 heavy (non-hydrogen) atoms. The Kier molecular flexibility index (Phi) is 4.20. The van der Waals surface area contributed by atoms with Gasteiger partial charge in [-0.3, -0.25) is 14.2 Å². The lowest BCUT2D eigenvalue weighted by Gasteiger charge is -2.02. The van der Waals surface area contributed by atoms with E-state index in [0.29, 0.717) is 5.56 Å². The highest BCUT2D eigenvalue weighted by Gasteiger charge is 2.10. The van der Waals surface area contributed by atoms with Crippen LogP contribution in [0.15, 0.2) is 58.4 Å². The molecule has 1 heterocycles. The summed E-state index contributed by atoms with van der Waals surface area (Å²) in [5.74, 6) is -0.340. The number of carbonyl (C=O) groups excluding carboxylic acids is 1. The van der Waals surface area contributed by atoms with E-state index in [1.54, 1.807) is 24.3 Å². The molecule has 0 fully saturated rings. The van der Waals surface area contributed by atoms with Gasteiger partial charge in [0.2, 0.25) is 0 Å². The maximum Gasteiger partial charge on any atom is 0.308 e. The minimum atomic E-state index is -0.415. The van der Waals surface area contributed by atoms with E-state index in [4.69, 9.17) is 0 Å². The molecule has 0 saturated carbocycles. The summed E-state index contributed by atoms with van der Waals surface area (Å²) in [5.41, 5.74) is 3.57. The number of para-hydroxylation sites is 2. The van der Waals surface area contributed by atoms with Crippen LogP contribution in [0.4, 0.5) is 0 Å². The fourth-order valence-electron chi connectivity index (χ4n) is 2.11. The second-order valence-electron chi connectivity index (χ2n) is 4.77. The molecule has 0 bridgehead atoms. The first kappa shape index (κ1) is 15.0. The van der Waals surface area contributed by atoms with Crippen LogP contribution >= 0.6 is 11.3 Å². The number of hydrogen-bond donors (Lipinski definition) is 2. The van der Waals surface area contributed by atoms with Crippen LogP contribution in [-0.4, -0.2) is 21.8 Å². The number of nitrogens with one attached hydrogen (secondary N) is 1. The number of hydrazone groups is 1. The van der Waals surface area contributed by atoms with Gasteiger partial charge < -0.3 is 5.11 Å². The molecule has 7 heteroatoms. The Hall–Kier alpha value is -2.93. The maximum absolute atomic E-state index is 11.9. The number of hydrogen-bond acceptors (Lipinski definition) is 5. The number of rotatable bonds is 4. The van der Waals surface area contributed by atoms with Gasteiger partial charge in [-0.1, -0.05) is 35.6 Å². The number of phenols is 1. The van der Waals surface area contributed by atoms with Crippen molar-refractivity contribution in [3.05, 3.63) is 63.8 Å². The first-order valence-corrected chi connectivity index (χ1v) is 7.65. The summed E-state index contributed by atoms with van der Waals surface area (Å²) in [4.78, 5) is 23.7. The first-order chi connectivity index (χ1) is 11.1. The van der Waals surface area contributed by atoms with Gasteiger partial charge in [0.1, 0.15) is 12.3 Å². The highest BCUT2D eigenvalue weighted by molar-refractivity contribution is 7.16. The van der Waals surface area contributed by atoms with Gasteiger partial charge in [0.25, 0.3) is 5.91 Å². The number of carbonyl (C=O) groups is 1. The standard InChI is InChI=1S/C16H13N3O3S/c20-13-7-3-1-5-11(13)9-17-18-15(21)10-19-12-6-2-4-8-14(12)23-16(19)22/h1-9,20H,10H2,(H,18,21)/b17-9+. The minimum absolute atomic E-state index is 0.0746. The molecular weight excluding hydrogens is 314 g/mol. The Bertz CT molecular complexity index is 943. The van der Waals surface area contributed by atoms with E-state index in [0.717, 1.165) is 21.6 Å². The molecule has 0 spiro atoms. The van der Waals surface area contributed by atoms with Crippen molar-refractivity contribution in [2.75, 3.05) is 0 Å². The Morgan fingerprint density at radius 2 is 1.96 bits per heavy atom. The summed E-state index contributed by atoms with van der Waals surface area (Å²) in [6.45, 7) is -0.110. The van der Waals surface area contributed by atoms with E-state index >= 15 is 0 Å². The number of aromatic hydroxyl groups is 1. The van der Waals surface area contributed by atoms with Gasteiger partial charge in [-0.25, -0.2) is 5.43 Å². The summed E-state index contributed by atoms with van der Waals surface area (Å²) in [6, 6.07) is 13.9. The lowest BCUT2D eigenvalue weighted by atomic mass is 10.2. The van der Waals surface area contributed by atoms with Crippen molar-refractivity contribution in [1.82, 2.24) is 9.99 Å². The van der Waals surface area contributed by atoms with Crippen molar-refractivity contribution in [2.24, 2.45) is 5.10 Å². The van der Waals surface area contributed by atoms with Crippen LogP contribution < -0.4 is 10.3 Å². The molecule has 116 valence electrons. The third-order valence-corrected chi connectivity index (χ3v) is 4.17. The van der Waals surface area contributed by atoms with Crippen molar-refractivity contribution in [3.63, 3.8) is 0 Å². The molecule has 0 aliphatic rings. The lowest BCUT2D eigenvalue weighted by molar-refractivity contribution is -0.121. The molecule has 0 aliphatic heterocycles. The molecule has 1 aromatic heterocycles. The Morgan fingerprint density at radius 3 is 2.78 bits per heavy atom. The van der Waals surface area contributed by atoms with Crippen molar-refractivity contribution < 1.29 is 9.90 Å². The molecule has 0 radical (unpaired) electrons. The van der Waals surface area contributed by atoms with E-state index in [1.807, 2.05) is 18.2 Å². The zero-order valence-corrected chi connectivity index (χ0v) is 12.8. The van der Waals surface area contributed by atoms with Gasteiger partial charge >= 0.3 is 4.87 Å². The van der Waals surface area contributed by atoms with Crippen LogP contribution in [0.25, 0.3) is 10.2 Å². The normalized spacial score (nSPS) is 11.1. The van der Waals surface area contributed by atoms with Gasteiger partial charge in [-0.15, -0.1) is 0 Å². The highest BCUT2D eigenvalue weighted by atomic mass is 32.1. The van der Waals surface area contributed by atoms with Crippen molar-refractivity contribution >= 4 is 33.7 Å². The molecular formula is C16H13N3O3S. The molecule has 0 unspecified atom stereocenters. The van der Waals surface area contributed by atoms with E-state index in [9.17, 15) is 14.7 Å². The number of amides is 1. The molecule has 6 nitrogen and oxygen atoms in total. The van der Waals surface area contributed by atoms with E-state index in [2.05, 4.69) is 10.5 Å². The van der Waals surface area contributed by atoms with Crippen LogP contribution in [0.3, 0.4) is 0 Å². The predicted molar refractivity (Wildman–Crippen MR) is 89.9 cm³/mol. The summed E-state index contributed by atoms with van der Waals surface area (Å²) in [6.07, 6.45) is 1.35. The molecule has 0 atom stereocenters. The molecule has 2 N–H and O–H groups in total. The zero-order chi connectivity index (χ0) is 16.2. The van der Waals surface area contributed by atoms with Gasteiger partial charge in [0.15, 0.2) is 0 Å². The van der Waals surface area contributed by atoms with Gasteiger partial charge in [-0.2, -0.15) is 5.10 Å². The molecule has 0 saturated heterocycles. The lowest BCUT2D eigenvalue weighted by Crippen LogP contribution is -2.27. The first-order valence-electron chi connectivity index (χ1n) is 6.83. The number of nitrogens with zero attached hydrogens (tertiary/aromatic N) is 2. The Balaban J connectivity index is 1.71. The molecule has 0 aliphatic carbocycles. The Labute approximate surface area is 135 Å². The number of phenolic OH excluding ortho intramolecular Hbond substituents is 1. The van der Waals surface area contributed by atoms with E-state index in [1.165, 1.54) is 16.8 Å². The predicted octanol–water partition coefficient (Wildman–Crippen LogP) is 1.92. The quantitative estimate of drug-likeness (QED) is 0.567. The van der Waals surface area contributed by atoms with E-state index in [-0.39, 0.29) is 17.2 Å². The third kappa shape index (κ3) is 3.29. The average Bonchev–Trinajstić information content (AvgIpc) is 2.85. The SMILES string of the molecule is O=C(Cn1c(=O)sc2ccccc21)N/N=C/c1ccccc1O. The number of thiazole rings is 1. The second kappa shape index (κ2) is 6.45. The topological polar surface area (TPSA) is 83.7 Å². The number of fused-ring (bicyclic) bond motifs is 1. The van der Waals surface area contributed by atoms with Crippen LogP contribution in [0, 0.1) is 0 Å². The Morgan fingerprint density at radius 1 is 1.22 bits per heavy atom. The second-order valence-corrected chi connectivity index (χ2v) is 5.77. The van der Waals surface area contributed by atoms with Crippen LogP contribution in [0.2, 0.25) is 0 Å². The summed E-state index contributed by atoms with van der Waals surface area (Å²) in [5, 5.41) is 13.4. The van der Waals surface area contributed by atoms with Crippen molar-refractivity contribution in [1.29, 1.82) is 0 Å². The fourth-order valence-corrected chi connectivity index (χ4v) is 3.00. The number of benzene rings is 2. The molecule has 2 aromatic carbocycles. The monoisotopic (exact) mass is 327 g/mol. The van der Waals surface area contributed by atoms with Crippen LogP contribution in [0.5, 0.6) is 5.75 Å².